The summed E-state index contributed by atoms with van der Waals surface area (Å²) in [6.45, 7) is 2.38. The summed E-state index contributed by atoms with van der Waals surface area (Å²) in [7, 11) is 0. The van der Waals surface area contributed by atoms with Crippen LogP contribution in [0.4, 0.5) is 8.78 Å². The normalized spacial score (nSPS) is 15.3. The fourth-order valence-corrected chi connectivity index (χ4v) is 2.46. The van der Waals surface area contributed by atoms with Crippen molar-refractivity contribution in [3.63, 3.8) is 0 Å². The van der Waals surface area contributed by atoms with E-state index in [4.69, 9.17) is 21.1 Å². The zero-order valence-corrected chi connectivity index (χ0v) is 13.8. The van der Waals surface area contributed by atoms with E-state index in [-0.39, 0.29) is 22.2 Å². The Balaban J connectivity index is 1.95. The van der Waals surface area contributed by atoms with Crippen molar-refractivity contribution >= 4 is 29.5 Å². The van der Waals surface area contributed by atoms with Gasteiger partial charge in [0, 0.05) is 0 Å². The lowest BCUT2D eigenvalue weighted by Crippen LogP contribution is -2.07. The summed E-state index contributed by atoms with van der Waals surface area (Å²) in [6.07, 6.45) is 1.51. The lowest BCUT2D eigenvalue weighted by Gasteiger charge is -2.03. The average molecular weight is 364 g/mol. The maximum atomic E-state index is 13.4. The molecule has 0 unspecified atom stereocenters. The number of hydrogen-bond acceptors (Lipinski definition) is 4. The first-order chi connectivity index (χ1) is 12.0. The zero-order chi connectivity index (χ0) is 18.0. The molecule has 0 spiro atoms. The number of esters is 1. The number of cyclic esters (lactones) is 1. The number of carbonyl (C=O) groups excluding carboxylic acids is 1. The van der Waals surface area contributed by atoms with Crippen molar-refractivity contribution in [3.8, 4) is 5.75 Å². The topological polar surface area (TPSA) is 47.9 Å². The molecule has 0 saturated carbocycles. The molecule has 1 aliphatic rings. The molecule has 4 nitrogen and oxygen atoms in total. The first kappa shape index (κ1) is 17.1. The Labute approximate surface area is 147 Å². The molecule has 7 heteroatoms. The summed E-state index contributed by atoms with van der Waals surface area (Å²) in [6, 6.07) is 8.70. The Bertz CT molecular complexity index is 909. The molecular weight excluding hydrogens is 352 g/mol. The van der Waals surface area contributed by atoms with Gasteiger partial charge in [0.05, 0.1) is 17.2 Å². The molecule has 0 N–H and O–H groups in total. The van der Waals surface area contributed by atoms with Gasteiger partial charge in [-0.15, -0.1) is 0 Å². The fourth-order valence-electron chi connectivity index (χ4n) is 2.23. The molecule has 0 fully saturated rings. The van der Waals surface area contributed by atoms with Gasteiger partial charge in [-0.1, -0.05) is 23.7 Å². The predicted octanol–water partition coefficient (Wildman–Crippen LogP) is 4.36. The van der Waals surface area contributed by atoms with Gasteiger partial charge in [-0.2, -0.15) is 0 Å². The third-order valence-electron chi connectivity index (χ3n) is 3.33. The largest absolute Gasteiger partial charge is 0.494 e. The van der Waals surface area contributed by atoms with Gasteiger partial charge in [-0.3, -0.25) is 0 Å². The second-order valence-corrected chi connectivity index (χ2v) is 5.49. The number of ether oxygens (including phenoxy) is 2. The second kappa shape index (κ2) is 7.03. The monoisotopic (exact) mass is 363 g/mol. The van der Waals surface area contributed by atoms with Crippen LogP contribution in [0.15, 0.2) is 47.1 Å². The minimum Gasteiger partial charge on any atom is -0.494 e. The predicted molar refractivity (Wildman–Crippen MR) is 89.6 cm³/mol. The smallest absolute Gasteiger partial charge is 0.363 e. The highest BCUT2D eigenvalue weighted by Gasteiger charge is 2.26. The van der Waals surface area contributed by atoms with Crippen molar-refractivity contribution < 1.29 is 23.0 Å². The van der Waals surface area contributed by atoms with Crippen molar-refractivity contribution in [2.24, 2.45) is 4.99 Å². The van der Waals surface area contributed by atoms with Crippen molar-refractivity contribution in [1.82, 2.24) is 0 Å². The van der Waals surface area contributed by atoms with Gasteiger partial charge < -0.3 is 9.47 Å². The highest BCUT2D eigenvalue weighted by Crippen LogP contribution is 2.26. The van der Waals surface area contributed by atoms with Gasteiger partial charge in [-0.05, 0) is 42.8 Å². The van der Waals surface area contributed by atoms with Crippen LogP contribution in [-0.2, 0) is 9.53 Å². The highest BCUT2D eigenvalue weighted by atomic mass is 35.5. The van der Waals surface area contributed by atoms with E-state index >= 15 is 0 Å². The molecule has 2 aromatic rings. The lowest BCUT2D eigenvalue weighted by molar-refractivity contribution is -0.129. The molecule has 25 heavy (non-hydrogen) atoms. The van der Waals surface area contributed by atoms with Crippen LogP contribution in [0.2, 0.25) is 5.02 Å². The van der Waals surface area contributed by atoms with E-state index in [2.05, 4.69) is 4.99 Å². The Morgan fingerprint density at radius 1 is 1.24 bits per heavy atom. The van der Waals surface area contributed by atoms with Crippen LogP contribution < -0.4 is 4.74 Å². The van der Waals surface area contributed by atoms with Crippen molar-refractivity contribution in [2.45, 2.75) is 6.92 Å². The number of rotatable bonds is 4. The van der Waals surface area contributed by atoms with E-state index in [1.807, 2.05) is 6.92 Å². The first-order valence-electron chi connectivity index (χ1n) is 7.38. The van der Waals surface area contributed by atoms with Gasteiger partial charge in [0.1, 0.15) is 5.75 Å². The number of carbonyl (C=O) groups is 1. The summed E-state index contributed by atoms with van der Waals surface area (Å²) in [5.41, 5.74) is 0.698. The van der Waals surface area contributed by atoms with E-state index in [1.54, 1.807) is 24.3 Å². The summed E-state index contributed by atoms with van der Waals surface area (Å²) in [5, 5.41) is -0.106. The molecule has 0 saturated heterocycles. The molecule has 0 radical (unpaired) electrons. The van der Waals surface area contributed by atoms with E-state index in [0.717, 1.165) is 12.1 Å². The number of hydrogen-bond donors (Lipinski definition) is 0. The van der Waals surface area contributed by atoms with Crippen LogP contribution in [0.5, 0.6) is 5.75 Å². The lowest BCUT2D eigenvalue weighted by atomic mass is 10.2. The van der Waals surface area contributed by atoms with Crippen LogP contribution in [0.3, 0.4) is 0 Å². The average Bonchev–Trinajstić information content (AvgIpc) is 2.92. The second-order valence-electron chi connectivity index (χ2n) is 5.09. The Kier molecular flexibility index (Phi) is 4.81. The third-order valence-corrected chi connectivity index (χ3v) is 3.65. The molecule has 0 aliphatic carbocycles. The standard InChI is InChI=1S/C18H12ClF2NO3/c1-2-24-11-5-3-4-10(6-11)7-16-18(23)25-17(22-16)12-8-14(20)15(21)9-13(12)19/h3-9H,2H2,1H3/b16-7-. The molecule has 1 heterocycles. The van der Waals surface area contributed by atoms with E-state index in [0.29, 0.717) is 17.9 Å². The SMILES string of the molecule is CCOc1cccc(/C=C2\N=C(c3cc(F)c(F)cc3Cl)OC2=O)c1. The van der Waals surface area contributed by atoms with Crippen molar-refractivity contribution in [3.05, 3.63) is 69.9 Å². The Morgan fingerprint density at radius 3 is 2.76 bits per heavy atom. The van der Waals surface area contributed by atoms with E-state index in [1.165, 1.54) is 6.08 Å². The molecule has 128 valence electrons. The maximum absolute atomic E-state index is 13.4. The maximum Gasteiger partial charge on any atom is 0.363 e. The van der Waals surface area contributed by atoms with Crippen molar-refractivity contribution in [1.29, 1.82) is 0 Å². The number of aliphatic imine (C=N–C) groups is 1. The molecule has 3 rings (SSSR count). The number of benzene rings is 2. The summed E-state index contributed by atoms with van der Waals surface area (Å²) in [4.78, 5) is 16.0. The first-order valence-corrected chi connectivity index (χ1v) is 7.76. The van der Waals surface area contributed by atoms with Crippen LogP contribution in [0, 0.1) is 11.6 Å². The van der Waals surface area contributed by atoms with E-state index in [9.17, 15) is 13.6 Å². The minimum atomic E-state index is -1.11. The quantitative estimate of drug-likeness (QED) is 0.460. The Morgan fingerprint density at radius 2 is 2.00 bits per heavy atom. The van der Waals surface area contributed by atoms with Crippen LogP contribution in [0.25, 0.3) is 6.08 Å². The molecule has 0 amide bonds. The third kappa shape index (κ3) is 3.69. The van der Waals surface area contributed by atoms with E-state index < -0.39 is 17.6 Å². The molecule has 0 aromatic heterocycles. The fraction of sp³-hybridized carbons (Fsp3) is 0.111. The summed E-state index contributed by atoms with van der Waals surface area (Å²) < 4.78 is 37.0. The van der Waals surface area contributed by atoms with Crippen molar-refractivity contribution in [2.75, 3.05) is 6.61 Å². The van der Waals surface area contributed by atoms with Gasteiger partial charge >= 0.3 is 5.97 Å². The van der Waals surface area contributed by atoms with Gasteiger partial charge in [0.15, 0.2) is 17.3 Å². The van der Waals surface area contributed by atoms with Crippen LogP contribution >= 0.6 is 11.6 Å². The molecule has 1 aliphatic heterocycles. The van der Waals surface area contributed by atoms with Gasteiger partial charge in [0.25, 0.3) is 0 Å². The molecule has 0 bridgehead atoms. The van der Waals surface area contributed by atoms with Gasteiger partial charge in [-0.25, -0.2) is 18.6 Å². The number of halogens is 3. The van der Waals surface area contributed by atoms with Crippen LogP contribution in [-0.4, -0.2) is 18.5 Å². The van der Waals surface area contributed by atoms with Crippen LogP contribution in [0.1, 0.15) is 18.1 Å². The molecule has 0 atom stereocenters. The number of nitrogens with zero attached hydrogens (tertiary/aromatic N) is 1. The highest BCUT2D eigenvalue weighted by molar-refractivity contribution is 6.34. The van der Waals surface area contributed by atoms with Gasteiger partial charge in [0.2, 0.25) is 5.90 Å². The summed E-state index contributed by atoms with van der Waals surface area (Å²) >= 11 is 5.88. The molecule has 2 aromatic carbocycles. The Hall–Kier alpha value is -2.73. The summed E-state index contributed by atoms with van der Waals surface area (Å²) in [5.74, 6) is -2.45. The minimum absolute atomic E-state index is 0.000355. The zero-order valence-electron chi connectivity index (χ0n) is 13.1. The molecular formula is C18H12ClF2NO3.